The molecule has 0 bridgehead atoms. The molecule has 5 heteroatoms. The largest absolute Gasteiger partial charge is 0.322 e. The predicted molar refractivity (Wildman–Crippen MR) is 79.9 cm³/mol. The fourth-order valence-corrected chi connectivity index (χ4v) is 2.11. The van der Waals surface area contributed by atoms with Gasteiger partial charge in [-0.05, 0) is 35.7 Å². The van der Waals surface area contributed by atoms with Crippen LogP contribution in [0.2, 0.25) is 5.02 Å². The molecule has 1 amide bonds. The van der Waals surface area contributed by atoms with Crippen LogP contribution in [-0.4, -0.2) is 5.91 Å². The summed E-state index contributed by atoms with van der Waals surface area (Å²) in [6.07, 6.45) is 0. The van der Waals surface area contributed by atoms with E-state index in [0.717, 1.165) is 17.7 Å². The summed E-state index contributed by atoms with van der Waals surface area (Å²) in [7, 11) is 0. The summed E-state index contributed by atoms with van der Waals surface area (Å²) in [4.78, 5) is 12.1. The maximum Gasteiger partial charge on any atom is 0.257 e. The van der Waals surface area contributed by atoms with Crippen molar-refractivity contribution in [2.45, 2.75) is 19.8 Å². The van der Waals surface area contributed by atoms with E-state index in [-0.39, 0.29) is 10.6 Å². The van der Waals surface area contributed by atoms with Crippen LogP contribution in [0.1, 0.15) is 35.7 Å². The lowest BCUT2D eigenvalue weighted by Crippen LogP contribution is -2.13. The number of amides is 1. The Hall–Kier alpha value is -1.94. The molecule has 0 spiro atoms. The maximum atomic E-state index is 13.2. The van der Waals surface area contributed by atoms with Gasteiger partial charge in [0.05, 0.1) is 10.6 Å². The molecule has 0 heterocycles. The Morgan fingerprint density at radius 3 is 2.48 bits per heavy atom. The monoisotopic (exact) mass is 309 g/mol. The van der Waals surface area contributed by atoms with E-state index >= 15 is 0 Å². The van der Waals surface area contributed by atoms with Crippen LogP contribution in [0.15, 0.2) is 36.4 Å². The van der Waals surface area contributed by atoms with Crippen molar-refractivity contribution >= 4 is 23.2 Å². The van der Waals surface area contributed by atoms with Crippen LogP contribution in [-0.2, 0) is 0 Å². The molecule has 2 aromatic carbocycles. The summed E-state index contributed by atoms with van der Waals surface area (Å²) in [5.74, 6) is -2.47. The van der Waals surface area contributed by atoms with Crippen LogP contribution in [0.3, 0.4) is 0 Å². The van der Waals surface area contributed by atoms with E-state index in [1.54, 1.807) is 6.07 Å². The average molecular weight is 310 g/mol. The second kappa shape index (κ2) is 6.22. The second-order valence-electron chi connectivity index (χ2n) is 4.98. The topological polar surface area (TPSA) is 29.1 Å². The smallest absolute Gasteiger partial charge is 0.257 e. The third kappa shape index (κ3) is 3.58. The third-order valence-corrected chi connectivity index (χ3v) is 3.38. The number of hydrogen-bond acceptors (Lipinski definition) is 1. The number of nitrogens with one attached hydrogen (secondary N) is 1. The molecule has 0 atom stereocenters. The van der Waals surface area contributed by atoms with Crippen molar-refractivity contribution < 1.29 is 13.6 Å². The summed E-state index contributed by atoms with van der Waals surface area (Å²) < 4.78 is 26.2. The molecule has 1 N–H and O–H groups in total. The predicted octanol–water partition coefficient (Wildman–Crippen LogP) is 4.99. The van der Waals surface area contributed by atoms with Crippen molar-refractivity contribution in [2.24, 2.45) is 0 Å². The van der Waals surface area contributed by atoms with Gasteiger partial charge in [0.2, 0.25) is 0 Å². The van der Waals surface area contributed by atoms with E-state index < -0.39 is 17.5 Å². The molecule has 2 aromatic rings. The van der Waals surface area contributed by atoms with Gasteiger partial charge in [0, 0.05) is 5.69 Å². The fraction of sp³-hybridized carbons (Fsp3) is 0.188. The van der Waals surface area contributed by atoms with Crippen molar-refractivity contribution in [1.29, 1.82) is 0 Å². The molecule has 0 aliphatic heterocycles. The lowest BCUT2D eigenvalue weighted by atomic mass is 10.0. The molecule has 0 aliphatic carbocycles. The lowest BCUT2D eigenvalue weighted by Gasteiger charge is -2.10. The Bertz CT molecular complexity index is 686. The van der Waals surface area contributed by atoms with Crippen LogP contribution in [0.5, 0.6) is 0 Å². The molecule has 2 rings (SSSR count). The Morgan fingerprint density at radius 2 is 1.81 bits per heavy atom. The van der Waals surface area contributed by atoms with Gasteiger partial charge in [0.25, 0.3) is 5.91 Å². The van der Waals surface area contributed by atoms with Gasteiger partial charge in [0.1, 0.15) is 0 Å². The molecular weight excluding hydrogens is 296 g/mol. The standard InChI is InChI=1S/C16H14ClF2NO/c1-9(2)10-4-3-5-11(6-10)20-16(21)12-7-14(18)15(19)8-13(12)17/h3-9H,1-2H3,(H,20,21). The summed E-state index contributed by atoms with van der Waals surface area (Å²) in [6, 6.07) is 8.90. The van der Waals surface area contributed by atoms with E-state index in [9.17, 15) is 13.6 Å². The van der Waals surface area contributed by atoms with Gasteiger partial charge in [-0.3, -0.25) is 4.79 Å². The third-order valence-electron chi connectivity index (χ3n) is 3.07. The number of halogens is 3. The van der Waals surface area contributed by atoms with Gasteiger partial charge in [-0.15, -0.1) is 0 Å². The first-order valence-corrected chi connectivity index (χ1v) is 6.82. The maximum absolute atomic E-state index is 13.2. The highest BCUT2D eigenvalue weighted by Gasteiger charge is 2.15. The molecule has 0 saturated heterocycles. The van der Waals surface area contributed by atoms with Gasteiger partial charge >= 0.3 is 0 Å². The molecule has 2 nitrogen and oxygen atoms in total. The van der Waals surface area contributed by atoms with Gasteiger partial charge in [-0.1, -0.05) is 37.6 Å². The Kier molecular flexibility index (Phi) is 4.58. The highest BCUT2D eigenvalue weighted by molar-refractivity contribution is 6.34. The molecule has 0 fully saturated rings. The summed E-state index contributed by atoms with van der Waals surface area (Å²) in [6.45, 7) is 4.07. The highest BCUT2D eigenvalue weighted by Crippen LogP contribution is 2.23. The lowest BCUT2D eigenvalue weighted by molar-refractivity contribution is 0.102. The van der Waals surface area contributed by atoms with Crippen LogP contribution in [0, 0.1) is 11.6 Å². The Labute approximate surface area is 126 Å². The van der Waals surface area contributed by atoms with Crippen LogP contribution in [0.25, 0.3) is 0 Å². The van der Waals surface area contributed by atoms with Crippen molar-refractivity contribution in [1.82, 2.24) is 0 Å². The second-order valence-corrected chi connectivity index (χ2v) is 5.39. The molecule has 0 aliphatic rings. The zero-order valence-corrected chi connectivity index (χ0v) is 12.3. The van der Waals surface area contributed by atoms with Crippen molar-refractivity contribution in [3.63, 3.8) is 0 Å². The molecule has 0 aromatic heterocycles. The molecule has 0 radical (unpaired) electrons. The van der Waals surface area contributed by atoms with Crippen LogP contribution in [0.4, 0.5) is 14.5 Å². The van der Waals surface area contributed by atoms with Gasteiger partial charge in [-0.25, -0.2) is 8.78 Å². The zero-order chi connectivity index (χ0) is 15.6. The van der Waals surface area contributed by atoms with Gasteiger partial charge in [0.15, 0.2) is 11.6 Å². The first-order valence-electron chi connectivity index (χ1n) is 6.44. The van der Waals surface area contributed by atoms with Crippen molar-refractivity contribution in [2.75, 3.05) is 5.32 Å². The number of benzene rings is 2. The van der Waals surface area contributed by atoms with E-state index in [1.165, 1.54) is 0 Å². The van der Waals surface area contributed by atoms with Gasteiger partial charge < -0.3 is 5.32 Å². The summed E-state index contributed by atoms with van der Waals surface area (Å²) >= 11 is 5.78. The number of rotatable bonds is 3. The number of anilines is 1. The van der Waals surface area contributed by atoms with E-state index in [1.807, 2.05) is 32.0 Å². The van der Waals surface area contributed by atoms with Crippen LogP contribution < -0.4 is 5.32 Å². The first kappa shape index (κ1) is 15.4. The van der Waals surface area contributed by atoms with E-state index in [2.05, 4.69) is 5.32 Å². The first-order chi connectivity index (χ1) is 9.88. The fourth-order valence-electron chi connectivity index (χ4n) is 1.87. The zero-order valence-electron chi connectivity index (χ0n) is 11.6. The number of carbonyl (C=O) groups is 1. The van der Waals surface area contributed by atoms with Crippen molar-refractivity contribution in [3.8, 4) is 0 Å². The quantitative estimate of drug-likeness (QED) is 0.795. The van der Waals surface area contributed by atoms with Crippen LogP contribution >= 0.6 is 11.6 Å². The molecule has 0 unspecified atom stereocenters. The average Bonchev–Trinajstić information content (AvgIpc) is 2.43. The normalized spacial score (nSPS) is 10.8. The minimum atomic E-state index is -1.11. The van der Waals surface area contributed by atoms with Crippen molar-refractivity contribution in [3.05, 3.63) is 64.2 Å². The highest BCUT2D eigenvalue weighted by atomic mass is 35.5. The molecular formula is C16H14ClF2NO. The SMILES string of the molecule is CC(C)c1cccc(NC(=O)c2cc(F)c(F)cc2Cl)c1. The molecule has 0 saturated carbocycles. The Morgan fingerprint density at radius 1 is 1.14 bits per heavy atom. The number of hydrogen-bond donors (Lipinski definition) is 1. The molecule has 21 heavy (non-hydrogen) atoms. The van der Waals surface area contributed by atoms with Gasteiger partial charge in [-0.2, -0.15) is 0 Å². The minimum Gasteiger partial charge on any atom is -0.322 e. The van der Waals surface area contributed by atoms with E-state index in [4.69, 9.17) is 11.6 Å². The summed E-state index contributed by atoms with van der Waals surface area (Å²) in [5, 5.41) is 2.50. The molecule has 110 valence electrons. The van der Waals surface area contributed by atoms with E-state index in [0.29, 0.717) is 11.6 Å². The Balaban J connectivity index is 2.26. The number of carbonyl (C=O) groups excluding carboxylic acids is 1. The summed E-state index contributed by atoms with van der Waals surface area (Å²) in [5.41, 5.74) is 1.53. The minimum absolute atomic E-state index is 0.106.